The smallest absolute Gasteiger partial charge is 0.0698 e. The van der Waals surface area contributed by atoms with E-state index in [-0.39, 0.29) is 0 Å². The van der Waals surface area contributed by atoms with Crippen molar-refractivity contribution in [1.29, 1.82) is 0 Å². The minimum atomic E-state index is 0.352. The van der Waals surface area contributed by atoms with Gasteiger partial charge in [-0.25, -0.2) is 0 Å². The lowest BCUT2D eigenvalue weighted by atomic mass is 9.78. The van der Waals surface area contributed by atoms with Gasteiger partial charge in [0.15, 0.2) is 0 Å². The summed E-state index contributed by atoms with van der Waals surface area (Å²) in [6.07, 6.45) is 4.50. The summed E-state index contributed by atoms with van der Waals surface area (Å²) >= 11 is 0. The normalized spacial score (nSPS) is 24.3. The summed E-state index contributed by atoms with van der Waals surface area (Å²) in [7, 11) is 3.81. The number of methoxy groups -OCH3 is 1. The van der Waals surface area contributed by atoms with Crippen LogP contribution in [0.15, 0.2) is 0 Å². The summed E-state index contributed by atoms with van der Waals surface area (Å²) in [6.45, 7) is 2.14. The Morgan fingerprint density at radius 3 is 2.36 bits per heavy atom. The molecule has 0 aromatic heterocycles. The van der Waals surface area contributed by atoms with Crippen LogP contribution in [-0.4, -0.2) is 26.3 Å². The molecule has 0 aromatic carbocycles. The van der Waals surface area contributed by atoms with Crippen molar-refractivity contribution < 1.29 is 4.74 Å². The molecule has 1 saturated carbocycles. The van der Waals surface area contributed by atoms with Gasteiger partial charge < -0.3 is 10.1 Å². The third-order valence-electron chi connectivity index (χ3n) is 2.87. The number of ether oxygens (including phenoxy) is 1. The van der Waals surface area contributed by atoms with Gasteiger partial charge in [0.05, 0.1) is 6.10 Å². The van der Waals surface area contributed by atoms with Crippen molar-refractivity contribution in [2.75, 3.05) is 14.2 Å². The predicted octanol–water partition coefficient (Wildman–Crippen LogP) is 1.41. The molecule has 0 heterocycles. The maximum atomic E-state index is 5.30. The fourth-order valence-corrected chi connectivity index (χ4v) is 1.80. The van der Waals surface area contributed by atoms with E-state index in [2.05, 4.69) is 12.2 Å². The highest BCUT2D eigenvalue weighted by atomic mass is 16.5. The van der Waals surface area contributed by atoms with Gasteiger partial charge in [-0.15, -0.1) is 0 Å². The molecule has 0 bridgehead atoms. The Bertz CT molecular complexity index is 107. The van der Waals surface area contributed by atoms with Gasteiger partial charge in [0, 0.05) is 13.2 Å². The molecule has 1 aliphatic carbocycles. The van der Waals surface area contributed by atoms with Gasteiger partial charge >= 0.3 is 0 Å². The van der Waals surface area contributed by atoms with Crippen LogP contribution in [0.1, 0.15) is 26.2 Å². The summed E-state index contributed by atoms with van der Waals surface area (Å²) in [5, 5.41) is 3.33. The zero-order chi connectivity index (χ0) is 8.27. The van der Waals surface area contributed by atoms with Crippen molar-refractivity contribution >= 4 is 0 Å². The van der Waals surface area contributed by atoms with Crippen molar-refractivity contribution in [3.8, 4) is 0 Å². The molecule has 1 rings (SSSR count). The lowest BCUT2D eigenvalue weighted by molar-refractivity contribution is 0.0455. The summed E-state index contributed by atoms with van der Waals surface area (Å²) in [5.41, 5.74) is 0. The van der Waals surface area contributed by atoms with Gasteiger partial charge in [-0.3, -0.25) is 0 Å². The molecule has 2 unspecified atom stereocenters. The summed E-state index contributed by atoms with van der Waals surface area (Å²) in [4.78, 5) is 0. The Morgan fingerprint density at radius 1 is 1.45 bits per heavy atom. The average molecular weight is 157 g/mol. The summed E-state index contributed by atoms with van der Waals surface area (Å²) in [5.74, 6) is 0.856. The highest BCUT2D eigenvalue weighted by Gasteiger charge is 2.29. The second-order valence-electron chi connectivity index (χ2n) is 3.45. The third kappa shape index (κ3) is 1.94. The Labute approximate surface area is 69.3 Å². The molecule has 2 heteroatoms. The second-order valence-corrected chi connectivity index (χ2v) is 3.45. The number of nitrogens with one attached hydrogen (secondary N) is 1. The van der Waals surface area contributed by atoms with Crippen LogP contribution in [0.25, 0.3) is 0 Å². The number of hydrogen-bond acceptors (Lipinski definition) is 2. The van der Waals surface area contributed by atoms with E-state index in [4.69, 9.17) is 4.74 Å². The maximum Gasteiger partial charge on any atom is 0.0698 e. The minimum Gasteiger partial charge on any atom is -0.380 e. The molecule has 1 aliphatic rings. The predicted molar refractivity (Wildman–Crippen MR) is 46.7 cm³/mol. The Hall–Kier alpha value is -0.0800. The van der Waals surface area contributed by atoms with Crippen LogP contribution < -0.4 is 5.32 Å². The van der Waals surface area contributed by atoms with Gasteiger partial charge in [-0.1, -0.05) is 6.42 Å². The van der Waals surface area contributed by atoms with Crippen LogP contribution >= 0.6 is 0 Å². The topological polar surface area (TPSA) is 21.3 Å². The molecule has 0 spiro atoms. The Kier molecular flexibility index (Phi) is 3.34. The summed E-state index contributed by atoms with van der Waals surface area (Å²) < 4.78 is 5.30. The van der Waals surface area contributed by atoms with Gasteiger partial charge in [-0.2, -0.15) is 0 Å². The third-order valence-corrected chi connectivity index (χ3v) is 2.87. The second kappa shape index (κ2) is 4.07. The lowest BCUT2D eigenvalue weighted by Crippen LogP contribution is -2.45. The van der Waals surface area contributed by atoms with Crippen LogP contribution in [0, 0.1) is 5.92 Å². The first-order valence-corrected chi connectivity index (χ1v) is 4.49. The van der Waals surface area contributed by atoms with E-state index < -0.39 is 0 Å². The molecule has 0 saturated heterocycles. The summed E-state index contributed by atoms with van der Waals surface area (Å²) in [6, 6.07) is 0.564. The molecule has 1 N–H and O–H groups in total. The zero-order valence-corrected chi connectivity index (χ0v) is 7.76. The van der Waals surface area contributed by atoms with Crippen LogP contribution in [0.2, 0.25) is 0 Å². The first-order chi connectivity index (χ1) is 5.29. The molecule has 2 nitrogen and oxygen atoms in total. The number of likely N-dealkylation sites (N-methyl/N-ethyl adjacent to an activating group) is 1. The van der Waals surface area contributed by atoms with Crippen LogP contribution in [0.3, 0.4) is 0 Å². The standard InChI is InChI=1S/C9H19NO/c1-7(11-3)9(10-2)8-5-4-6-8/h7-10H,4-6H2,1-3H3. The van der Waals surface area contributed by atoms with Gasteiger partial charge in [0.2, 0.25) is 0 Å². The first-order valence-electron chi connectivity index (χ1n) is 4.49. The molecule has 0 amide bonds. The van der Waals surface area contributed by atoms with Crippen LogP contribution in [0.4, 0.5) is 0 Å². The van der Waals surface area contributed by atoms with E-state index in [0.29, 0.717) is 12.1 Å². The monoisotopic (exact) mass is 157 g/mol. The minimum absolute atomic E-state index is 0.352. The number of rotatable bonds is 4. The van der Waals surface area contributed by atoms with Crippen molar-refractivity contribution in [3.63, 3.8) is 0 Å². The molecule has 1 fully saturated rings. The van der Waals surface area contributed by atoms with Crippen molar-refractivity contribution in [2.24, 2.45) is 5.92 Å². The number of hydrogen-bond donors (Lipinski definition) is 1. The van der Waals surface area contributed by atoms with Crippen molar-refractivity contribution in [2.45, 2.75) is 38.3 Å². The largest absolute Gasteiger partial charge is 0.380 e. The fourth-order valence-electron chi connectivity index (χ4n) is 1.80. The quantitative estimate of drug-likeness (QED) is 0.666. The maximum absolute atomic E-state index is 5.30. The molecule has 0 aromatic rings. The fraction of sp³-hybridized carbons (Fsp3) is 1.00. The highest BCUT2D eigenvalue weighted by Crippen LogP contribution is 2.31. The van der Waals surface area contributed by atoms with Crippen molar-refractivity contribution in [3.05, 3.63) is 0 Å². The highest BCUT2D eigenvalue weighted by molar-refractivity contribution is 4.85. The van der Waals surface area contributed by atoms with E-state index in [1.165, 1.54) is 19.3 Å². The average Bonchev–Trinajstić information content (AvgIpc) is 1.94. The van der Waals surface area contributed by atoms with E-state index in [9.17, 15) is 0 Å². The molecule has 0 aliphatic heterocycles. The first kappa shape index (κ1) is 9.01. The van der Waals surface area contributed by atoms with Crippen LogP contribution in [0.5, 0.6) is 0 Å². The molecular formula is C9H19NO. The van der Waals surface area contributed by atoms with Gasteiger partial charge in [-0.05, 0) is 32.7 Å². The molecule has 11 heavy (non-hydrogen) atoms. The van der Waals surface area contributed by atoms with Gasteiger partial charge in [0.25, 0.3) is 0 Å². The molecule has 0 radical (unpaired) electrons. The molecular weight excluding hydrogens is 138 g/mol. The molecule has 2 atom stereocenters. The van der Waals surface area contributed by atoms with Crippen molar-refractivity contribution in [1.82, 2.24) is 5.32 Å². The molecule has 66 valence electrons. The van der Waals surface area contributed by atoms with E-state index in [1.807, 2.05) is 7.05 Å². The lowest BCUT2D eigenvalue weighted by Gasteiger charge is -2.36. The zero-order valence-electron chi connectivity index (χ0n) is 7.76. The SMILES string of the molecule is CNC(C1CCC1)C(C)OC. The van der Waals surface area contributed by atoms with E-state index in [0.717, 1.165) is 5.92 Å². The van der Waals surface area contributed by atoms with Gasteiger partial charge in [0.1, 0.15) is 0 Å². The Morgan fingerprint density at radius 2 is 2.09 bits per heavy atom. The van der Waals surface area contributed by atoms with E-state index in [1.54, 1.807) is 7.11 Å². The van der Waals surface area contributed by atoms with Crippen LogP contribution in [-0.2, 0) is 4.74 Å². The van der Waals surface area contributed by atoms with E-state index >= 15 is 0 Å². The Balaban J connectivity index is 2.34.